The minimum Gasteiger partial charge on any atom is -0.508 e. The Labute approximate surface area is 132 Å². The fourth-order valence-corrected chi connectivity index (χ4v) is 1.88. The average Bonchev–Trinajstić information content (AvgIpc) is 2.74. The molecule has 0 radical (unpaired) electrons. The van der Waals surface area contributed by atoms with Crippen molar-refractivity contribution in [1.82, 2.24) is 4.90 Å². The second kappa shape index (κ2) is 7.11. The lowest BCUT2D eigenvalue weighted by Crippen LogP contribution is -2.37. The van der Waals surface area contributed by atoms with E-state index in [0.717, 1.165) is 12.0 Å². The molecule has 0 aromatic heterocycles. The summed E-state index contributed by atoms with van der Waals surface area (Å²) >= 11 is 0. The topological polar surface area (TPSA) is 59.0 Å². The molecule has 1 saturated heterocycles. The molecule has 1 aromatic carbocycles. The zero-order valence-corrected chi connectivity index (χ0v) is 14.3. The molecule has 5 nitrogen and oxygen atoms in total. The predicted octanol–water partition coefficient (Wildman–Crippen LogP) is 3.09. The highest BCUT2D eigenvalue weighted by Gasteiger charge is 2.39. The number of aromatic hydroxyl groups is 1. The Morgan fingerprint density at radius 3 is 2.18 bits per heavy atom. The van der Waals surface area contributed by atoms with Crippen LogP contribution in [0.1, 0.15) is 46.3 Å². The molecule has 1 aliphatic rings. The Balaban J connectivity index is 0.000000346. The first-order valence-electron chi connectivity index (χ1n) is 7.33. The van der Waals surface area contributed by atoms with Gasteiger partial charge in [0.05, 0.1) is 12.1 Å². The van der Waals surface area contributed by atoms with Crippen LogP contribution in [0.3, 0.4) is 0 Å². The maximum absolute atomic E-state index is 10.9. The van der Waals surface area contributed by atoms with Crippen molar-refractivity contribution < 1.29 is 19.4 Å². The molecule has 22 heavy (non-hydrogen) atoms. The van der Waals surface area contributed by atoms with Gasteiger partial charge in [-0.3, -0.25) is 4.79 Å². The summed E-state index contributed by atoms with van der Waals surface area (Å²) in [5, 5.41) is 9.19. The fraction of sp³-hybridized carbons (Fsp3) is 0.588. The van der Waals surface area contributed by atoms with E-state index in [1.165, 1.54) is 0 Å². The highest BCUT2D eigenvalue weighted by Crippen LogP contribution is 2.34. The van der Waals surface area contributed by atoms with Crippen molar-refractivity contribution in [1.29, 1.82) is 0 Å². The molecule has 5 heteroatoms. The van der Waals surface area contributed by atoms with Gasteiger partial charge in [-0.25, -0.2) is 0 Å². The third kappa shape index (κ3) is 5.31. The lowest BCUT2D eigenvalue weighted by atomic mass is 10.1. The number of carbonyl (C=O) groups excluding carboxylic acids is 1. The number of phenols is 1. The molecule has 0 bridgehead atoms. The summed E-state index contributed by atoms with van der Waals surface area (Å²) in [4.78, 5) is 12.5. The van der Waals surface area contributed by atoms with Crippen LogP contribution in [0.2, 0.25) is 0 Å². The first kappa shape index (κ1) is 18.5. The Hall–Kier alpha value is -1.59. The van der Waals surface area contributed by atoms with Crippen LogP contribution >= 0.6 is 0 Å². The lowest BCUT2D eigenvalue weighted by molar-refractivity contribution is -0.132. The van der Waals surface area contributed by atoms with Gasteiger partial charge in [0, 0.05) is 7.11 Å². The van der Waals surface area contributed by atoms with Gasteiger partial charge >= 0.3 is 0 Å². The van der Waals surface area contributed by atoms with Gasteiger partial charge in [-0.15, -0.1) is 0 Å². The smallest absolute Gasteiger partial charge is 0.212 e. The average molecular weight is 309 g/mol. The van der Waals surface area contributed by atoms with Gasteiger partial charge in [-0.2, -0.15) is 0 Å². The molecule has 1 amide bonds. The van der Waals surface area contributed by atoms with E-state index in [1.807, 2.05) is 46.8 Å². The van der Waals surface area contributed by atoms with Crippen molar-refractivity contribution in [3.63, 3.8) is 0 Å². The summed E-state index contributed by atoms with van der Waals surface area (Å²) in [5.74, 6) is 0.230. The third-order valence-electron chi connectivity index (χ3n) is 3.49. The summed E-state index contributed by atoms with van der Waals surface area (Å²) in [6, 6.07) is 6.86. The van der Waals surface area contributed by atoms with E-state index in [1.54, 1.807) is 24.1 Å². The zero-order chi connectivity index (χ0) is 17.0. The molecule has 0 aliphatic carbocycles. The van der Waals surface area contributed by atoms with Crippen LogP contribution in [-0.2, 0) is 14.3 Å². The monoisotopic (exact) mass is 309 g/mol. The maximum atomic E-state index is 10.9. The highest BCUT2D eigenvalue weighted by atomic mass is 16.5. The number of hydrogen-bond acceptors (Lipinski definition) is 4. The Bertz CT molecular complexity index is 476. The molecular weight excluding hydrogens is 282 g/mol. The van der Waals surface area contributed by atoms with E-state index in [2.05, 4.69) is 0 Å². The van der Waals surface area contributed by atoms with Crippen molar-refractivity contribution in [3.05, 3.63) is 29.8 Å². The van der Waals surface area contributed by atoms with Gasteiger partial charge in [-0.05, 0) is 52.3 Å². The van der Waals surface area contributed by atoms with E-state index < -0.39 is 5.72 Å². The summed E-state index contributed by atoms with van der Waals surface area (Å²) in [6.07, 6.45) is 0.682. The maximum Gasteiger partial charge on any atom is 0.212 e. The van der Waals surface area contributed by atoms with Crippen molar-refractivity contribution >= 4 is 6.41 Å². The van der Waals surface area contributed by atoms with Gasteiger partial charge < -0.3 is 19.5 Å². The molecular formula is C17H27NO4. The van der Waals surface area contributed by atoms with Crippen molar-refractivity contribution in [2.75, 3.05) is 13.7 Å². The second-order valence-electron chi connectivity index (χ2n) is 6.72. The number of phenolic OH excluding ortho intramolecular Hbond substituents is 1. The van der Waals surface area contributed by atoms with E-state index in [9.17, 15) is 9.90 Å². The standard InChI is InChI=1S/C12H15NO3.C5H12O/c1-12(2)13(8-14)7-11(16-12)9-3-5-10(15)6-4-9;1-5(2,3)6-4/h3-6,8,11,15H,7H2,1-2H3;1-4H3. The molecule has 1 N–H and O–H groups in total. The number of rotatable bonds is 2. The van der Waals surface area contributed by atoms with Crippen molar-refractivity contribution in [2.45, 2.75) is 52.0 Å². The SMILES string of the molecule is CC1(C)OC(c2ccc(O)cc2)CN1C=O.COC(C)(C)C. The summed E-state index contributed by atoms with van der Waals surface area (Å²) < 4.78 is 10.7. The molecule has 124 valence electrons. The van der Waals surface area contributed by atoms with Crippen LogP contribution in [0.15, 0.2) is 24.3 Å². The van der Waals surface area contributed by atoms with E-state index in [0.29, 0.717) is 6.54 Å². The minimum absolute atomic E-state index is 0.0417. The van der Waals surface area contributed by atoms with Crippen LogP contribution in [-0.4, -0.2) is 41.4 Å². The summed E-state index contributed by atoms with van der Waals surface area (Å²) in [5.41, 5.74) is 0.444. The van der Waals surface area contributed by atoms with E-state index in [-0.39, 0.29) is 17.5 Å². The van der Waals surface area contributed by atoms with E-state index >= 15 is 0 Å². The van der Waals surface area contributed by atoms with Gasteiger partial charge in [0.25, 0.3) is 0 Å². The van der Waals surface area contributed by atoms with E-state index in [4.69, 9.17) is 9.47 Å². The molecule has 1 fully saturated rings. The predicted molar refractivity (Wildman–Crippen MR) is 85.5 cm³/mol. The normalized spacial score (nSPS) is 20.3. The van der Waals surface area contributed by atoms with Gasteiger partial charge in [-0.1, -0.05) is 12.1 Å². The van der Waals surface area contributed by atoms with Crippen LogP contribution in [0.5, 0.6) is 5.75 Å². The largest absolute Gasteiger partial charge is 0.508 e. The molecule has 1 aliphatic heterocycles. The number of hydrogen-bond donors (Lipinski definition) is 1. The summed E-state index contributed by atoms with van der Waals surface area (Å²) in [7, 11) is 1.71. The molecule has 0 saturated carbocycles. The minimum atomic E-state index is -0.565. The quantitative estimate of drug-likeness (QED) is 0.853. The Kier molecular flexibility index (Phi) is 5.97. The van der Waals surface area contributed by atoms with Crippen molar-refractivity contribution in [2.24, 2.45) is 0 Å². The van der Waals surface area contributed by atoms with Gasteiger partial charge in [0.2, 0.25) is 6.41 Å². The molecule has 0 spiro atoms. The highest BCUT2D eigenvalue weighted by molar-refractivity contribution is 5.49. The molecule has 2 rings (SSSR count). The summed E-state index contributed by atoms with van der Waals surface area (Å²) in [6.45, 7) is 10.3. The van der Waals surface area contributed by atoms with Crippen LogP contribution in [0.4, 0.5) is 0 Å². The number of methoxy groups -OCH3 is 1. The van der Waals surface area contributed by atoms with Gasteiger partial charge in [0.1, 0.15) is 17.6 Å². The number of nitrogens with zero attached hydrogens (tertiary/aromatic N) is 1. The second-order valence-corrected chi connectivity index (χ2v) is 6.72. The third-order valence-corrected chi connectivity index (χ3v) is 3.49. The number of benzene rings is 1. The van der Waals surface area contributed by atoms with Crippen LogP contribution in [0, 0.1) is 0 Å². The Morgan fingerprint density at radius 2 is 1.82 bits per heavy atom. The zero-order valence-electron chi connectivity index (χ0n) is 14.3. The van der Waals surface area contributed by atoms with Crippen molar-refractivity contribution in [3.8, 4) is 5.75 Å². The molecule has 1 aromatic rings. The molecule has 1 heterocycles. The fourth-order valence-electron chi connectivity index (χ4n) is 1.88. The lowest BCUT2D eigenvalue weighted by Gasteiger charge is -2.25. The number of carbonyl (C=O) groups is 1. The van der Waals surface area contributed by atoms with Crippen LogP contribution in [0.25, 0.3) is 0 Å². The molecule has 1 unspecified atom stereocenters. The van der Waals surface area contributed by atoms with Gasteiger partial charge in [0.15, 0.2) is 0 Å². The van der Waals surface area contributed by atoms with Crippen LogP contribution < -0.4 is 0 Å². The number of ether oxygens (including phenoxy) is 2. The number of amides is 1. The first-order valence-corrected chi connectivity index (χ1v) is 7.33. The Morgan fingerprint density at radius 1 is 1.32 bits per heavy atom. The molecule has 1 atom stereocenters. The first-order chi connectivity index (χ1) is 10.1.